The van der Waals surface area contributed by atoms with Crippen molar-refractivity contribution in [2.75, 3.05) is 19.9 Å². The molecule has 1 aliphatic rings. The summed E-state index contributed by atoms with van der Waals surface area (Å²) in [6.07, 6.45) is 6.97. The van der Waals surface area contributed by atoms with Crippen LogP contribution in [0.3, 0.4) is 0 Å². The van der Waals surface area contributed by atoms with E-state index in [0.717, 1.165) is 47.5 Å². The van der Waals surface area contributed by atoms with Crippen LogP contribution in [0.5, 0.6) is 5.75 Å². The lowest BCUT2D eigenvalue weighted by molar-refractivity contribution is 0.244. The van der Waals surface area contributed by atoms with Gasteiger partial charge < -0.3 is 4.74 Å². The van der Waals surface area contributed by atoms with Crippen LogP contribution < -0.4 is 4.74 Å². The Morgan fingerprint density at radius 1 is 1.19 bits per heavy atom. The summed E-state index contributed by atoms with van der Waals surface area (Å²) in [5.41, 5.74) is 3.57. The van der Waals surface area contributed by atoms with Gasteiger partial charge in [-0.1, -0.05) is 11.8 Å². The number of thioether (sulfide) groups is 1. The lowest BCUT2D eigenvalue weighted by Crippen LogP contribution is -2.30. The van der Waals surface area contributed by atoms with Gasteiger partial charge in [-0.25, -0.2) is 15.0 Å². The van der Waals surface area contributed by atoms with E-state index in [1.165, 1.54) is 16.1 Å². The van der Waals surface area contributed by atoms with E-state index in [2.05, 4.69) is 32.0 Å². The highest BCUT2D eigenvalue weighted by molar-refractivity contribution is 7.98. The molecular weight excluding hydrogens is 364 g/mol. The van der Waals surface area contributed by atoms with Crippen LogP contribution >= 0.6 is 23.1 Å². The van der Waals surface area contributed by atoms with Crippen molar-refractivity contribution in [2.24, 2.45) is 0 Å². The molecule has 0 saturated carbocycles. The second kappa shape index (κ2) is 7.73. The zero-order valence-corrected chi connectivity index (χ0v) is 16.4. The summed E-state index contributed by atoms with van der Waals surface area (Å²) < 4.78 is 5.22. The highest BCUT2D eigenvalue weighted by Crippen LogP contribution is 2.28. The van der Waals surface area contributed by atoms with E-state index in [1.54, 1.807) is 30.2 Å². The Bertz CT molecular complexity index is 895. The van der Waals surface area contributed by atoms with Gasteiger partial charge in [-0.2, -0.15) is 0 Å². The summed E-state index contributed by atoms with van der Waals surface area (Å²) in [5.74, 6) is 0.865. The van der Waals surface area contributed by atoms with Crippen LogP contribution in [0.25, 0.3) is 10.6 Å². The van der Waals surface area contributed by atoms with E-state index in [0.29, 0.717) is 0 Å². The van der Waals surface area contributed by atoms with E-state index in [-0.39, 0.29) is 0 Å². The molecular formula is C19H20N4OS2. The van der Waals surface area contributed by atoms with Gasteiger partial charge in [0.05, 0.1) is 12.8 Å². The third-order valence-corrected chi connectivity index (χ3v) is 6.04. The molecule has 3 heterocycles. The first-order chi connectivity index (χ1) is 12.7. The molecule has 134 valence electrons. The number of benzene rings is 1. The van der Waals surface area contributed by atoms with E-state index < -0.39 is 0 Å². The van der Waals surface area contributed by atoms with Crippen LogP contribution in [-0.2, 0) is 19.5 Å². The van der Waals surface area contributed by atoms with Crippen molar-refractivity contribution in [1.82, 2.24) is 19.9 Å². The molecule has 0 atom stereocenters. The minimum Gasteiger partial charge on any atom is -0.497 e. The second-order valence-corrected chi connectivity index (χ2v) is 8.04. The van der Waals surface area contributed by atoms with Gasteiger partial charge in [0.25, 0.3) is 0 Å². The molecule has 0 saturated heterocycles. The smallest absolute Gasteiger partial charge is 0.187 e. The molecule has 0 unspecified atom stereocenters. The molecule has 0 radical (unpaired) electrons. The molecule has 0 aliphatic carbocycles. The minimum atomic E-state index is 0.865. The molecule has 26 heavy (non-hydrogen) atoms. The topological polar surface area (TPSA) is 51.1 Å². The molecule has 3 aromatic rings. The van der Waals surface area contributed by atoms with E-state index in [9.17, 15) is 0 Å². The molecule has 0 amide bonds. The first-order valence-corrected chi connectivity index (χ1v) is 10.5. The first-order valence-electron chi connectivity index (χ1n) is 8.45. The van der Waals surface area contributed by atoms with E-state index in [4.69, 9.17) is 4.74 Å². The molecule has 1 aliphatic heterocycles. The molecule has 0 fully saturated rings. The van der Waals surface area contributed by atoms with E-state index >= 15 is 0 Å². The Morgan fingerprint density at radius 2 is 2.04 bits per heavy atom. The Balaban J connectivity index is 1.44. The van der Waals surface area contributed by atoms with Gasteiger partial charge in [0.2, 0.25) is 0 Å². The van der Waals surface area contributed by atoms with Crippen LogP contribution in [0.4, 0.5) is 0 Å². The quantitative estimate of drug-likeness (QED) is 0.491. The average Bonchev–Trinajstić information content (AvgIpc) is 3.16. The fourth-order valence-corrected chi connectivity index (χ4v) is 4.38. The lowest BCUT2D eigenvalue weighted by atomic mass is 10.1. The van der Waals surface area contributed by atoms with Gasteiger partial charge in [-0.05, 0) is 30.5 Å². The van der Waals surface area contributed by atoms with Gasteiger partial charge in [-0.15, -0.1) is 11.3 Å². The molecule has 1 aromatic carbocycles. The molecule has 7 heteroatoms. The number of methoxy groups -OCH3 is 1. The molecule has 4 rings (SSSR count). The third-order valence-electron chi connectivity index (χ3n) is 4.44. The predicted molar refractivity (Wildman–Crippen MR) is 106 cm³/mol. The normalized spacial score (nSPS) is 14.2. The maximum atomic E-state index is 5.22. The van der Waals surface area contributed by atoms with Crippen molar-refractivity contribution in [3.8, 4) is 16.3 Å². The van der Waals surface area contributed by atoms with Gasteiger partial charge in [0.1, 0.15) is 10.8 Å². The van der Waals surface area contributed by atoms with Crippen molar-refractivity contribution in [3.05, 3.63) is 52.8 Å². The summed E-state index contributed by atoms with van der Waals surface area (Å²) >= 11 is 3.35. The largest absolute Gasteiger partial charge is 0.497 e. The SMILES string of the molecule is COc1ccc(-c2ncc(CN3CCc4nc(SC)ncc4C3)s2)cc1. The summed E-state index contributed by atoms with van der Waals surface area (Å²) in [6.45, 7) is 2.84. The van der Waals surface area contributed by atoms with Crippen molar-refractivity contribution < 1.29 is 4.74 Å². The number of hydrogen-bond acceptors (Lipinski definition) is 7. The fraction of sp³-hybridized carbons (Fsp3) is 0.316. The summed E-state index contributed by atoms with van der Waals surface area (Å²) in [5, 5.41) is 1.91. The molecule has 2 aromatic heterocycles. The lowest BCUT2D eigenvalue weighted by Gasteiger charge is -2.27. The number of nitrogens with zero attached hydrogens (tertiary/aromatic N) is 4. The van der Waals surface area contributed by atoms with Gasteiger partial charge in [0, 0.05) is 54.5 Å². The molecule has 0 spiro atoms. The summed E-state index contributed by atoms with van der Waals surface area (Å²) in [4.78, 5) is 17.4. The number of fused-ring (bicyclic) bond motifs is 1. The van der Waals surface area contributed by atoms with Gasteiger partial charge in [-0.3, -0.25) is 4.90 Å². The van der Waals surface area contributed by atoms with Crippen LogP contribution in [0.15, 0.2) is 41.8 Å². The monoisotopic (exact) mass is 384 g/mol. The zero-order chi connectivity index (χ0) is 17.9. The summed E-state index contributed by atoms with van der Waals surface area (Å²) in [6, 6.07) is 8.06. The standard InChI is InChI=1S/C19H20N4OS2/c1-24-15-5-3-13(4-6-15)18-20-10-16(26-18)12-23-8-7-17-14(11-23)9-21-19(22-17)25-2/h3-6,9-10H,7-8,11-12H2,1-2H3. The Kier molecular flexibility index (Phi) is 5.19. The third kappa shape index (κ3) is 3.75. The number of ether oxygens (including phenoxy) is 1. The molecule has 0 bridgehead atoms. The van der Waals surface area contributed by atoms with Gasteiger partial charge >= 0.3 is 0 Å². The van der Waals surface area contributed by atoms with E-state index in [1.807, 2.05) is 30.8 Å². The van der Waals surface area contributed by atoms with Crippen molar-refractivity contribution in [3.63, 3.8) is 0 Å². The van der Waals surface area contributed by atoms with Crippen LogP contribution in [0.1, 0.15) is 16.1 Å². The number of rotatable bonds is 5. The molecule has 5 nitrogen and oxygen atoms in total. The van der Waals surface area contributed by atoms with Gasteiger partial charge in [0.15, 0.2) is 5.16 Å². The number of aromatic nitrogens is 3. The highest BCUT2D eigenvalue weighted by atomic mass is 32.2. The maximum absolute atomic E-state index is 5.22. The predicted octanol–water partition coefficient (Wildman–Crippen LogP) is 3.89. The number of hydrogen-bond donors (Lipinski definition) is 0. The fourth-order valence-electron chi connectivity index (χ4n) is 3.06. The minimum absolute atomic E-state index is 0.865. The van der Waals surface area contributed by atoms with Crippen molar-refractivity contribution in [1.29, 1.82) is 0 Å². The Morgan fingerprint density at radius 3 is 2.81 bits per heavy atom. The zero-order valence-electron chi connectivity index (χ0n) is 14.8. The number of thiazole rings is 1. The Labute approximate surface area is 161 Å². The van der Waals surface area contributed by atoms with Crippen LogP contribution in [0, 0.1) is 0 Å². The van der Waals surface area contributed by atoms with Crippen LogP contribution in [0.2, 0.25) is 0 Å². The highest BCUT2D eigenvalue weighted by Gasteiger charge is 2.19. The van der Waals surface area contributed by atoms with Crippen molar-refractivity contribution >= 4 is 23.1 Å². The summed E-state index contributed by atoms with van der Waals surface area (Å²) in [7, 11) is 1.68. The molecule has 0 N–H and O–H groups in total. The maximum Gasteiger partial charge on any atom is 0.187 e. The average molecular weight is 385 g/mol. The second-order valence-electron chi connectivity index (χ2n) is 6.15. The van der Waals surface area contributed by atoms with Crippen LogP contribution in [-0.4, -0.2) is 39.8 Å². The first kappa shape index (κ1) is 17.5. The Hall–Kier alpha value is -1.96. The van der Waals surface area contributed by atoms with Crippen molar-refractivity contribution in [2.45, 2.75) is 24.7 Å².